The van der Waals surface area contributed by atoms with Gasteiger partial charge < -0.3 is 9.73 Å². The highest BCUT2D eigenvalue weighted by atomic mass is 16.3. The first kappa shape index (κ1) is 19.1. The van der Waals surface area contributed by atoms with Crippen LogP contribution in [0.15, 0.2) is 22.8 Å². The van der Waals surface area contributed by atoms with E-state index in [1.165, 1.54) is 5.56 Å². The molecule has 0 radical (unpaired) electrons. The summed E-state index contributed by atoms with van der Waals surface area (Å²) in [6.45, 7) is 8.15. The van der Waals surface area contributed by atoms with Crippen molar-refractivity contribution in [2.45, 2.75) is 59.4 Å². The number of amides is 1. The standard InChI is InChI=1S/C21H28N4O2/c1-13(8-9-17-7-6-12-27-17)22-19(26)11-10-18-14(2)20-16(4)24-25(5)21(20)23-15(18)3/h6-7,12-13H,8-11H2,1-5H3,(H,22,26). The predicted molar refractivity (Wildman–Crippen MR) is 106 cm³/mol. The average Bonchev–Trinajstić information content (AvgIpc) is 3.21. The van der Waals surface area contributed by atoms with E-state index in [9.17, 15) is 4.79 Å². The number of aryl methyl sites for hydroxylation is 5. The minimum Gasteiger partial charge on any atom is -0.469 e. The number of nitrogens with zero attached hydrogens (tertiary/aromatic N) is 3. The summed E-state index contributed by atoms with van der Waals surface area (Å²) >= 11 is 0. The number of aromatic nitrogens is 3. The van der Waals surface area contributed by atoms with Gasteiger partial charge in [0.25, 0.3) is 0 Å². The van der Waals surface area contributed by atoms with Crippen molar-refractivity contribution in [1.29, 1.82) is 0 Å². The normalized spacial score (nSPS) is 12.5. The van der Waals surface area contributed by atoms with Gasteiger partial charge in [0.05, 0.1) is 12.0 Å². The Morgan fingerprint density at radius 2 is 2.04 bits per heavy atom. The molecule has 0 saturated heterocycles. The summed E-state index contributed by atoms with van der Waals surface area (Å²) in [5, 5.41) is 8.67. The van der Waals surface area contributed by atoms with E-state index in [1.807, 2.05) is 44.6 Å². The number of hydrogen-bond acceptors (Lipinski definition) is 4. The molecule has 0 fully saturated rings. The maximum absolute atomic E-state index is 12.4. The van der Waals surface area contributed by atoms with Crippen LogP contribution in [0.4, 0.5) is 0 Å². The Hall–Kier alpha value is -2.63. The number of hydrogen-bond donors (Lipinski definition) is 1. The van der Waals surface area contributed by atoms with Crippen LogP contribution in [-0.2, 0) is 24.7 Å². The second-order valence-corrected chi connectivity index (χ2v) is 7.29. The molecule has 3 rings (SSSR count). The predicted octanol–water partition coefficient (Wildman–Crippen LogP) is 3.56. The molecule has 0 spiro atoms. The zero-order valence-electron chi connectivity index (χ0n) is 16.8. The fraction of sp³-hybridized carbons (Fsp3) is 0.476. The summed E-state index contributed by atoms with van der Waals surface area (Å²) in [7, 11) is 1.92. The largest absolute Gasteiger partial charge is 0.469 e. The molecular weight excluding hydrogens is 340 g/mol. The van der Waals surface area contributed by atoms with E-state index in [1.54, 1.807) is 6.26 Å². The third-order valence-electron chi connectivity index (χ3n) is 5.14. The minimum atomic E-state index is 0.0729. The molecule has 6 nitrogen and oxygen atoms in total. The number of pyridine rings is 1. The van der Waals surface area contributed by atoms with Crippen LogP contribution in [-0.4, -0.2) is 26.7 Å². The Morgan fingerprint density at radius 3 is 2.74 bits per heavy atom. The van der Waals surface area contributed by atoms with E-state index in [-0.39, 0.29) is 11.9 Å². The third-order valence-corrected chi connectivity index (χ3v) is 5.14. The van der Waals surface area contributed by atoms with Gasteiger partial charge in [-0.15, -0.1) is 0 Å². The number of furan rings is 1. The summed E-state index contributed by atoms with van der Waals surface area (Å²) in [4.78, 5) is 17.1. The lowest BCUT2D eigenvalue weighted by molar-refractivity contribution is -0.121. The molecule has 1 amide bonds. The van der Waals surface area contributed by atoms with Crippen molar-refractivity contribution in [2.24, 2.45) is 7.05 Å². The molecular formula is C21H28N4O2. The first-order valence-electron chi connectivity index (χ1n) is 9.48. The molecule has 6 heteroatoms. The quantitative estimate of drug-likeness (QED) is 0.692. The Bertz CT molecular complexity index is 941. The molecule has 1 atom stereocenters. The minimum absolute atomic E-state index is 0.0729. The fourth-order valence-electron chi connectivity index (χ4n) is 3.70. The molecule has 144 valence electrons. The van der Waals surface area contributed by atoms with Crippen molar-refractivity contribution in [2.75, 3.05) is 0 Å². The van der Waals surface area contributed by atoms with Crippen LogP contribution in [0.2, 0.25) is 0 Å². The van der Waals surface area contributed by atoms with Gasteiger partial charge in [0.15, 0.2) is 5.65 Å². The molecule has 0 aliphatic carbocycles. The van der Waals surface area contributed by atoms with Crippen molar-refractivity contribution in [3.63, 3.8) is 0 Å². The lowest BCUT2D eigenvalue weighted by atomic mass is 9.99. The molecule has 0 aromatic carbocycles. The SMILES string of the molecule is Cc1nc2c(c(C)nn2C)c(C)c1CCC(=O)NC(C)CCc1ccco1. The second kappa shape index (κ2) is 7.94. The Balaban J connectivity index is 1.60. The van der Waals surface area contributed by atoms with Crippen molar-refractivity contribution < 1.29 is 9.21 Å². The molecule has 0 saturated carbocycles. The lowest BCUT2D eigenvalue weighted by Gasteiger charge is -2.14. The van der Waals surface area contributed by atoms with Gasteiger partial charge >= 0.3 is 0 Å². The second-order valence-electron chi connectivity index (χ2n) is 7.29. The number of rotatable bonds is 7. The molecule has 0 aliphatic heterocycles. The van der Waals surface area contributed by atoms with Gasteiger partial charge in [-0.1, -0.05) is 0 Å². The summed E-state index contributed by atoms with van der Waals surface area (Å²) in [6.07, 6.45) is 4.51. The van der Waals surface area contributed by atoms with Gasteiger partial charge in [-0.05, 0) is 63.8 Å². The molecule has 1 unspecified atom stereocenters. The van der Waals surface area contributed by atoms with Gasteiger partial charge in [-0.3, -0.25) is 9.48 Å². The van der Waals surface area contributed by atoms with Crippen molar-refractivity contribution in [3.05, 3.63) is 46.7 Å². The highest BCUT2D eigenvalue weighted by Gasteiger charge is 2.16. The van der Waals surface area contributed by atoms with E-state index < -0.39 is 0 Å². The molecule has 3 aromatic heterocycles. The van der Waals surface area contributed by atoms with Crippen LogP contribution in [0.25, 0.3) is 11.0 Å². The van der Waals surface area contributed by atoms with Gasteiger partial charge in [0.2, 0.25) is 5.91 Å². The zero-order chi connectivity index (χ0) is 19.6. The van der Waals surface area contributed by atoms with E-state index in [0.29, 0.717) is 12.8 Å². The summed E-state index contributed by atoms with van der Waals surface area (Å²) in [6, 6.07) is 3.97. The molecule has 1 N–H and O–H groups in total. The molecule has 3 heterocycles. The monoisotopic (exact) mass is 368 g/mol. The van der Waals surface area contributed by atoms with E-state index in [2.05, 4.69) is 17.3 Å². The molecule has 3 aromatic rings. The summed E-state index contributed by atoms with van der Waals surface area (Å²) < 4.78 is 7.16. The first-order chi connectivity index (χ1) is 12.9. The highest BCUT2D eigenvalue weighted by molar-refractivity contribution is 5.84. The smallest absolute Gasteiger partial charge is 0.220 e. The number of nitrogens with one attached hydrogen (secondary N) is 1. The van der Waals surface area contributed by atoms with Crippen LogP contribution >= 0.6 is 0 Å². The van der Waals surface area contributed by atoms with Crippen molar-refractivity contribution >= 4 is 16.9 Å². The summed E-state index contributed by atoms with van der Waals surface area (Å²) in [5.41, 5.74) is 5.19. The van der Waals surface area contributed by atoms with E-state index in [4.69, 9.17) is 9.40 Å². The van der Waals surface area contributed by atoms with Gasteiger partial charge in [0, 0.05) is 37.0 Å². The van der Waals surface area contributed by atoms with Crippen LogP contribution in [0, 0.1) is 20.8 Å². The van der Waals surface area contributed by atoms with Crippen LogP contribution < -0.4 is 5.32 Å². The number of fused-ring (bicyclic) bond motifs is 1. The van der Waals surface area contributed by atoms with Gasteiger partial charge in [-0.2, -0.15) is 5.10 Å². The summed E-state index contributed by atoms with van der Waals surface area (Å²) in [5.74, 6) is 1.03. The third kappa shape index (κ3) is 4.21. The topological polar surface area (TPSA) is 73.0 Å². The number of carbonyl (C=O) groups is 1. The lowest BCUT2D eigenvalue weighted by Crippen LogP contribution is -2.33. The van der Waals surface area contributed by atoms with Crippen molar-refractivity contribution in [1.82, 2.24) is 20.1 Å². The van der Waals surface area contributed by atoms with Crippen molar-refractivity contribution in [3.8, 4) is 0 Å². The Kier molecular flexibility index (Phi) is 5.63. The van der Waals surface area contributed by atoms with Crippen LogP contribution in [0.5, 0.6) is 0 Å². The maximum atomic E-state index is 12.4. The Labute approximate surface area is 160 Å². The molecule has 0 bridgehead atoms. The molecule has 27 heavy (non-hydrogen) atoms. The first-order valence-corrected chi connectivity index (χ1v) is 9.48. The Morgan fingerprint density at radius 1 is 1.26 bits per heavy atom. The maximum Gasteiger partial charge on any atom is 0.220 e. The van der Waals surface area contributed by atoms with Gasteiger partial charge in [-0.25, -0.2) is 4.98 Å². The number of carbonyl (C=O) groups excluding carboxylic acids is 1. The van der Waals surface area contributed by atoms with Crippen LogP contribution in [0.1, 0.15) is 48.0 Å². The zero-order valence-corrected chi connectivity index (χ0v) is 16.8. The van der Waals surface area contributed by atoms with Gasteiger partial charge in [0.1, 0.15) is 5.76 Å². The molecule has 0 aliphatic rings. The van der Waals surface area contributed by atoms with E-state index >= 15 is 0 Å². The fourth-order valence-corrected chi connectivity index (χ4v) is 3.70. The van der Waals surface area contributed by atoms with E-state index in [0.717, 1.165) is 46.6 Å². The average molecular weight is 368 g/mol. The van der Waals surface area contributed by atoms with Crippen LogP contribution in [0.3, 0.4) is 0 Å². The highest BCUT2D eigenvalue weighted by Crippen LogP contribution is 2.26.